The van der Waals surface area contributed by atoms with Crippen LogP contribution in [0, 0.1) is 0 Å². The molecule has 0 aromatic heterocycles. The minimum atomic E-state index is 0.237. The predicted molar refractivity (Wildman–Crippen MR) is 92.3 cm³/mol. The van der Waals surface area contributed by atoms with E-state index >= 15 is 0 Å². The summed E-state index contributed by atoms with van der Waals surface area (Å²) in [7, 11) is 0. The van der Waals surface area contributed by atoms with Gasteiger partial charge >= 0.3 is 0 Å². The first-order valence-corrected chi connectivity index (χ1v) is 9.03. The summed E-state index contributed by atoms with van der Waals surface area (Å²) in [4.78, 5) is 2.18. The van der Waals surface area contributed by atoms with Gasteiger partial charge < -0.3 is 19.7 Å². The zero-order valence-corrected chi connectivity index (χ0v) is 14.1. The molecule has 0 aliphatic carbocycles. The summed E-state index contributed by atoms with van der Waals surface area (Å²) in [6.07, 6.45) is 0. The third-order valence-electron chi connectivity index (χ3n) is 3.39. The standard InChI is InChI=1S/C17H18O4S2/c18-12-1-5-14(6-2-12)22-16-9-20-11-21-10-17(16)23-15-7-3-13(19)4-8-15/h1-8,16-19H,9-11H2. The number of ether oxygens (including phenoxy) is 2. The van der Waals surface area contributed by atoms with Crippen molar-refractivity contribution in [3.05, 3.63) is 48.5 Å². The lowest BCUT2D eigenvalue weighted by molar-refractivity contribution is -0.0310. The molecule has 3 rings (SSSR count). The van der Waals surface area contributed by atoms with Crippen LogP contribution in [0.15, 0.2) is 58.3 Å². The SMILES string of the molecule is Oc1ccc(SC2COCOCC2Sc2ccc(O)cc2)cc1. The van der Waals surface area contributed by atoms with E-state index in [1.54, 1.807) is 47.8 Å². The molecule has 23 heavy (non-hydrogen) atoms. The highest BCUT2D eigenvalue weighted by molar-refractivity contribution is 8.03. The molecule has 0 amide bonds. The minimum absolute atomic E-state index is 0.237. The second kappa shape index (κ2) is 7.97. The van der Waals surface area contributed by atoms with E-state index in [4.69, 9.17) is 9.47 Å². The van der Waals surface area contributed by atoms with Gasteiger partial charge in [0, 0.05) is 20.3 Å². The number of rotatable bonds is 4. The van der Waals surface area contributed by atoms with Crippen molar-refractivity contribution in [2.24, 2.45) is 0 Å². The number of thioether (sulfide) groups is 2. The topological polar surface area (TPSA) is 58.9 Å². The molecule has 4 nitrogen and oxygen atoms in total. The van der Waals surface area contributed by atoms with E-state index in [9.17, 15) is 10.2 Å². The lowest BCUT2D eigenvalue weighted by Crippen LogP contribution is -2.26. The fourth-order valence-corrected chi connectivity index (χ4v) is 4.63. The van der Waals surface area contributed by atoms with Gasteiger partial charge in [0.05, 0.1) is 13.2 Å². The maximum Gasteiger partial charge on any atom is 0.146 e. The first-order valence-electron chi connectivity index (χ1n) is 7.27. The molecular formula is C17H18O4S2. The van der Waals surface area contributed by atoms with Gasteiger partial charge in [-0.15, -0.1) is 23.5 Å². The second-order valence-electron chi connectivity index (χ2n) is 5.16. The first kappa shape index (κ1) is 16.5. The van der Waals surface area contributed by atoms with Crippen molar-refractivity contribution in [2.75, 3.05) is 20.0 Å². The number of phenols is 2. The van der Waals surface area contributed by atoms with Gasteiger partial charge in [0.15, 0.2) is 0 Å². The molecule has 0 radical (unpaired) electrons. The van der Waals surface area contributed by atoms with Crippen molar-refractivity contribution in [1.29, 1.82) is 0 Å². The number of benzene rings is 2. The molecule has 6 heteroatoms. The molecule has 0 saturated carbocycles. The van der Waals surface area contributed by atoms with Crippen molar-refractivity contribution < 1.29 is 19.7 Å². The zero-order valence-electron chi connectivity index (χ0n) is 12.4. The molecule has 2 unspecified atom stereocenters. The van der Waals surface area contributed by atoms with E-state index in [1.807, 2.05) is 24.3 Å². The fourth-order valence-electron chi connectivity index (χ4n) is 2.22. The Hall–Kier alpha value is -1.34. The number of hydrogen-bond donors (Lipinski definition) is 2. The van der Waals surface area contributed by atoms with Gasteiger partial charge in [-0.2, -0.15) is 0 Å². The Morgan fingerprint density at radius 1 is 0.696 bits per heavy atom. The number of phenolic OH excluding ortho intramolecular Hbond substituents is 2. The lowest BCUT2D eigenvalue weighted by atomic mass is 10.3. The van der Waals surface area contributed by atoms with Crippen LogP contribution in [0.4, 0.5) is 0 Å². The number of aromatic hydroxyl groups is 2. The van der Waals surface area contributed by atoms with E-state index in [-0.39, 0.29) is 22.0 Å². The highest BCUT2D eigenvalue weighted by Crippen LogP contribution is 2.36. The third kappa shape index (κ3) is 4.81. The molecule has 122 valence electrons. The Morgan fingerprint density at radius 2 is 1.09 bits per heavy atom. The summed E-state index contributed by atoms with van der Waals surface area (Å²) in [5.74, 6) is 0.537. The molecule has 2 aromatic carbocycles. The van der Waals surface area contributed by atoms with Crippen LogP contribution in [-0.4, -0.2) is 40.7 Å². The smallest absolute Gasteiger partial charge is 0.146 e. The molecule has 1 saturated heterocycles. The highest BCUT2D eigenvalue weighted by Gasteiger charge is 2.27. The second-order valence-corrected chi connectivity index (χ2v) is 7.79. The van der Waals surface area contributed by atoms with E-state index in [1.165, 1.54) is 0 Å². The molecular weight excluding hydrogens is 332 g/mol. The maximum atomic E-state index is 9.40. The van der Waals surface area contributed by atoms with Crippen LogP contribution >= 0.6 is 23.5 Å². The average Bonchev–Trinajstić information content (AvgIpc) is 2.77. The van der Waals surface area contributed by atoms with Crippen LogP contribution in [0.1, 0.15) is 0 Å². The van der Waals surface area contributed by atoms with Crippen LogP contribution in [-0.2, 0) is 9.47 Å². The fraction of sp³-hybridized carbons (Fsp3) is 0.294. The van der Waals surface area contributed by atoms with Gasteiger partial charge in [-0.05, 0) is 48.5 Å². The largest absolute Gasteiger partial charge is 0.508 e. The molecule has 1 aliphatic heterocycles. The molecule has 2 atom stereocenters. The zero-order chi connectivity index (χ0) is 16.1. The quantitative estimate of drug-likeness (QED) is 0.876. The van der Waals surface area contributed by atoms with Crippen molar-refractivity contribution in [3.8, 4) is 11.5 Å². The van der Waals surface area contributed by atoms with Crippen LogP contribution in [0.3, 0.4) is 0 Å². The molecule has 1 aliphatic rings. The molecule has 2 N–H and O–H groups in total. The normalized spacial score (nSPS) is 21.7. The minimum Gasteiger partial charge on any atom is -0.508 e. The van der Waals surface area contributed by atoms with Gasteiger partial charge in [-0.1, -0.05) is 0 Å². The molecule has 0 spiro atoms. The molecule has 1 fully saturated rings. The molecule has 2 aromatic rings. The van der Waals surface area contributed by atoms with Crippen LogP contribution in [0.2, 0.25) is 0 Å². The van der Waals surface area contributed by atoms with Gasteiger partial charge in [-0.25, -0.2) is 0 Å². The van der Waals surface area contributed by atoms with Gasteiger partial charge in [0.25, 0.3) is 0 Å². The lowest BCUT2D eigenvalue weighted by Gasteiger charge is -2.22. The van der Waals surface area contributed by atoms with E-state index in [0.717, 1.165) is 9.79 Å². The van der Waals surface area contributed by atoms with Crippen molar-refractivity contribution in [2.45, 2.75) is 20.3 Å². The number of hydrogen-bond acceptors (Lipinski definition) is 6. The summed E-state index contributed by atoms with van der Waals surface area (Å²) in [6, 6.07) is 14.4. The Morgan fingerprint density at radius 3 is 1.48 bits per heavy atom. The Labute approximate surface area is 143 Å². The van der Waals surface area contributed by atoms with Crippen molar-refractivity contribution >= 4 is 23.5 Å². The highest BCUT2D eigenvalue weighted by atomic mass is 32.2. The van der Waals surface area contributed by atoms with Crippen molar-refractivity contribution in [3.63, 3.8) is 0 Å². The van der Waals surface area contributed by atoms with E-state index < -0.39 is 0 Å². The molecule has 1 heterocycles. The summed E-state index contributed by atoms with van der Waals surface area (Å²) in [6.45, 7) is 1.54. The maximum absolute atomic E-state index is 9.40. The van der Waals surface area contributed by atoms with Gasteiger partial charge in [0.2, 0.25) is 0 Å². The van der Waals surface area contributed by atoms with Gasteiger partial charge in [-0.3, -0.25) is 0 Å². The third-order valence-corrected chi connectivity index (χ3v) is 6.19. The Kier molecular flexibility index (Phi) is 5.72. The van der Waals surface area contributed by atoms with Crippen LogP contribution in [0.5, 0.6) is 11.5 Å². The van der Waals surface area contributed by atoms with Crippen molar-refractivity contribution in [1.82, 2.24) is 0 Å². The van der Waals surface area contributed by atoms with E-state index in [0.29, 0.717) is 20.0 Å². The van der Waals surface area contributed by atoms with Gasteiger partial charge in [0.1, 0.15) is 18.3 Å². The Bertz CT molecular complexity index is 560. The average molecular weight is 350 g/mol. The summed E-state index contributed by atoms with van der Waals surface area (Å²) in [5, 5.41) is 19.3. The van der Waals surface area contributed by atoms with Crippen LogP contribution in [0.25, 0.3) is 0 Å². The predicted octanol–water partition coefficient (Wildman–Crippen LogP) is 3.72. The van der Waals surface area contributed by atoms with Crippen LogP contribution < -0.4 is 0 Å². The summed E-state index contributed by atoms with van der Waals surface area (Å²) in [5.41, 5.74) is 0. The monoisotopic (exact) mass is 350 g/mol. The Balaban J connectivity index is 1.71. The van der Waals surface area contributed by atoms with E-state index in [2.05, 4.69) is 0 Å². The first-order chi connectivity index (χ1) is 11.2. The molecule has 0 bridgehead atoms. The summed E-state index contributed by atoms with van der Waals surface area (Å²) < 4.78 is 11.1. The summed E-state index contributed by atoms with van der Waals surface area (Å²) >= 11 is 3.46.